The van der Waals surface area contributed by atoms with Crippen molar-refractivity contribution in [3.63, 3.8) is 0 Å². The Morgan fingerprint density at radius 1 is 1.25 bits per heavy atom. The normalized spacial score (nSPS) is 11.9. The van der Waals surface area contributed by atoms with Crippen LogP contribution in [0.15, 0.2) is 23.3 Å². The van der Waals surface area contributed by atoms with Gasteiger partial charge in [0.2, 0.25) is 0 Å². The van der Waals surface area contributed by atoms with Crippen LogP contribution >= 0.6 is 24.0 Å². The van der Waals surface area contributed by atoms with Gasteiger partial charge in [0.1, 0.15) is 5.82 Å². The summed E-state index contributed by atoms with van der Waals surface area (Å²) in [6.07, 6.45) is -3.09. The highest BCUT2D eigenvalue weighted by Gasteiger charge is 2.33. The molecule has 0 aromatic carbocycles. The first-order valence-electron chi connectivity index (χ1n) is 7.62. The summed E-state index contributed by atoms with van der Waals surface area (Å²) in [4.78, 5) is 8.14. The zero-order valence-electron chi connectivity index (χ0n) is 14.1. The topological polar surface area (TPSA) is 61.3 Å². The minimum Gasteiger partial charge on any atom is -0.368 e. The van der Waals surface area contributed by atoms with Crippen molar-refractivity contribution in [2.75, 3.05) is 31.5 Å². The lowest BCUT2D eigenvalue weighted by molar-refractivity contribution is -0.137. The zero-order chi connectivity index (χ0) is 17.3. The summed E-state index contributed by atoms with van der Waals surface area (Å²) in [5.74, 6) is 0.928. The number of halogens is 4. The molecule has 0 bridgehead atoms. The predicted octanol–water partition coefficient (Wildman–Crippen LogP) is 3.34. The van der Waals surface area contributed by atoms with E-state index in [1.807, 2.05) is 6.92 Å². The van der Waals surface area contributed by atoms with Crippen molar-refractivity contribution in [1.82, 2.24) is 15.6 Å². The second-order valence-electron chi connectivity index (χ2n) is 5.36. The molecule has 0 aliphatic heterocycles. The van der Waals surface area contributed by atoms with Crippen LogP contribution in [0.4, 0.5) is 19.0 Å². The first kappa shape index (κ1) is 22.7. The van der Waals surface area contributed by atoms with Crippen LogP contribution < -0.4 is 16.0 Å². The van der Waals surface area contributed by atoms with E-state index >= 15 is 0 Å². The summed E-state index contributed by atoms with van der Waals surface area (Å²) in [7, 11) is 0. The van der Waals surface area contributed by atoms with Crippen molar-refractivity contribution < 1.29 is 13.2 Å². The Bertz CT molecular complexity index is 506. The lowest BCUT2D eigenvalue weighted by Crippen LogP contribution is -2.40. The van der Waals surface area contributed by atoms with Gasteiger partial charge < -0.3 is 16.0 Å². The number of rotatable bonds is 7. The molecule has 0 saturated carbocycles. The van der Waals surface area contributed by atoms with Crippen LogP contribution in [0, 0.1) is 5.92 Å². The molecule has 1 rings (SSSR count). The number of anilines is 1. The smallest absolute Gasteiger partial charge is 0.368 e. The fourth-order valence-electron chi connectivity index (χ4n) is 1.75. The second-order valence-corrected chi connectivity index (χ2v) is 5.36. The molecule has 0 atom stereocenters. The van der Waals surface area contributed by atoms with Crippen LogP contribution in [0.5, 0.6) is 0 Å². The van der Waals surface area contributed by atoms with Gasteiger partial charge in [-0.05, 0) is 25.0 Å². The van der Waals surface area contributed by atoms with E-state index in [4.69, 9.17) is 0 Å². The maximum Gasteiger partial charge on any atom is 0.419 e. The van der Waals surface area contributed by atoms with Gasteiger partial charge in [-0.15, -0.1) is 24.0 Å². The van der Waals surface area contributed by atoms with E-state index < -0.39 is 11.7 Å². The number of alkyl halides is 3. The monoisotopic (exact) mass is 459 g/mol. The molecule has 0 radical (unpaired) electrons. The third kappa shape index (κ3) is 8.55. The number of nitrogens with one attached hydrogen (secondary N) is 3. The molecule has 0 amide bonds. The van der Waals surface area contributed by atoms with Crippen molar-refractivity contribution in [1.29, 1.82) is 0 Å². The molecule has 0 aliphatic rings. The number of aromatic nitrogens is 1. The van der Waals surface area contributed by atoms with Crippen molar-refractivity contribution in [3.8, 4) is 0 Å². The van der Waals surface area contributed by atoms with E-state index in [2.05, 4.69) is 39.8 Å². The summed E-state index contributed by atoms with van der Waals surface area (Å²) in [6.45, 7) is 8.21. The van der Waals surface area contributed by atoms with Crippen LogP contribution in [0.25, 0.3) is 0 Å². The first-order valence-corrected chi connectivity index (χ1v) is 7.62. The summed E-state index contributed by atoms with van der Waals surface area (Å²) in [5.41, 5.74) is -0.764. The summed E-state index contributed by atoms with van der Waals surface area (Å²) in [6, 6.07) is 2.28. The van der Waals surface area contributed by atoms with Crippen LogP contribution in [-0.4, -0.2) is 37.1 Å². The summed E-state index contributed by atoms with van der Waals surface area (Å²) in [5, 5.41) is 8.87. The Hall–Kier alpha value is -1.26. The Kier molecular flexibility index (Phi) is 10.7. The van der Waals surface area contributed by atoms with Gasteiger partial charge in [0.25, 0.3) is 0 Å². The minimum absolute atomic E-state index is 0. The van der Waals surface area contributed by atoms with E-state index in [0.717, 1.165) is 12.6 Å². The van der Waals surface area contributed by atoms with Gasteiger partial charge in [0.05, 0.1) is 5.56 Å². The molecular formula is C15H25F3IN5. The second kappa shape index (κ2) is 11.3. The number of hydrogen-bond acceptors (Lipinski definition) is 3. The maximum absolute atomic E-state index is 12.8. The maximum atomic E-state index is 12.8. The lowest BCUT2D eigenvalue weighted by Gasteiger charge is -2.15. The highest BCUT2D eigenvalue weighted by molar-refractivity contribution is 14.0. The van der Waals surface area contributed by atoms with Gasteiger partial charge in [0.15, 0.2) is 5.96 Å². The Labute approximate surface area is 157 Å². The average Bonchev–Trinajstić information content (AvgIpc) is 2.48. The van der Waals surface area contributed by atoms with Crippen LogP contribution in [0.2, 0.25) is 0 Å². The van der Waals surface area contributed by atoms with Crippen LogP contribution in [0.1, 0.15) is 26.3 Å². The quantitative estimate of drug-likeness (QED) is 0.254. The fourth-order valence-corrected chi connectivity index (χ4v) is 1.75. The van der Waals surface area contributed by atoms with Crippen molar-refractivity contribution >= 4 is 35.8 Å². The largest absolute Gasteiger partial charge is 0.419 e. The summed E-state index contributed by atoms with van der Waals surface area (Å²) >= 11 is 0. The van der Waals surface area contributed by atoms with E-state index in [0.29, 0.717) is 31.5 Å². The van der Waals surface area contributed by atoms with Crippen LogP contribution in [-0.2, 0) is 6.18 Å². The molecule has 1 heterocycles. The molecule has 0 saturated heterocycles. The number of hydrogen-bond donors (Lipinski definition) is 3. The zero-order valence-corrected chi connectivity index (χ0v) is 16.4. The molecule has 0 unspecified atom stereocenters. The van der Waals surface area contributed by atoms with E-state index in [1.165, 1.54) is 12.3 Å². The molecule has 5 nitrogen and oxygen atoms in total. The number of aliphatic imine (C=N–C) groups is 1. The van der Waals surface area contributed by atoms with Gasteiger partial charge in [-0.2, -0.15) is 13.2 Å². The molecule has 138 valence electrons. The van der Waals surface area contributed by atoms with Crippen molar-refractivity contribution in [2.45, 2.75) is 26.9 Å². The molecule has 0 fully saturated rings. The number of nitrogens with zero attached hydrogens (tertiary/aromatic N) is 2. The molecule has 0 aliphatic carbocycles. The summed E-state index contributed by atoms with van der Waals surface area (Å²) < 4.78 is 38.5. The van der Waals surface area contributed by atoms with Crippen molar-refractivity contribution in [3.05, 3.63) is 23.9 Å². The van der Waals surface area contributed by atoms with Crippen LogP contribution in [0.3, 0.4) is 0 Å². The van der Waals surface area contributed by atoms with Gasteiger partial charge in [-0.1, -0.05) is 13.8 Å². The third-order valence-electron chi connectivity index (χ3n) is 2.78. The molecule has 24 heavy (non-hydrogen) atoms. The van der Waals surface area contributed by atoms with Gasteiger partial charge in [0, 0.05) is 32.4 Å². The number of guanidine groups is 1. The van der Waals surface area contributed by atoms with E-state index in [-0.39, 0.29) is 29.8 Å². The molecule has 0 spiro atoms. The first-order chi connectivity index (χ1) is 10.8. The van der Waals surface area contributed by atoms with Gasteiger partial charge in [-0.25, -0.2) is 4.98 Å². The van der Waals surface area contributed by atoms with Gasteiger partial charge >= 0.3 is 6.18 Å². The Morgan fingerprint density at radius 3 is 2.54 bits per heavy atom. The number of pyridine rings is 1. The van der Waals surface area contributed by atoms with Gasteiger partial charge in [-0.3, -0.25) is 4.99 Å². The van der Waals surface area contributed by atoms with E-state index in [9.17, 15) is 13.2 Å². The minimum atomic E-state index is -4.42. The predicted molar refractivity (Wildman–Crippen MR) is 102 cm³/mol. The fraction of sp³-hybridized carbons (Fsp3) is 0.600. The average molecular weight is 459 g/mol. The third-order valence-corrected chi connectivity index (χ3v) is 2.78. The highest BCUT2D eigenvalue weighted by Crippen LogP contribution is 2.33. The standard InChI is InChI=1S/C15H24F3N5.HI/c1-4-19-14(23-10-11(2)3)22-9-8-21-13-12(15(16,17)18)6-5-7-20-13;/h5-7,11H,4,8-10H2,1-3H3,(H,20,21)(H2,19,22,23);1H. The lowest BCUT2D eigenvalue weighted by atomic mass is 10.2. The molecule has 1 aromatic rings. The SMILES string of the molecule is CCNC(=NCC(C)C)NCCNc1ncccc1C(F)(F)F.I. The van der Waals surface area contributed by atoms with Crippen molar-refractivity contribution in [2.24, 2.45) is 10.9 Å². The molecule has 1 aromatic heterocycles. The van der Waals surface area contributed by atoms with E-state index in [1.54, 1.807) is 0 Å². The molecule has 3 N–H and O–H groups in total. The highest BCUT2D eigenvalue weighted by atomic mass is 127. The molecule has 9 heteroatoms. The Balaban J connectivity index is 0.00000529. The Morgan fingerprint density at radius 2 is 1.96 bits per heavy atom. The molecular weight excluding hydrogens is 434 g/mol.